The number of rotatable bonds is 6. The number of benzene rings is 1. The van der Waals surface area contributed by atoms with Gasteiger partial charge in [0.2, 0.25) is 0 Å². The highest BCUT2D eigenvalue weighted by Gasteiger charge is 2.36. The molecule has 0 atom stereocenters. The van der Waals surface area contributed by atoms with Crippen molar-refractivity contribution < 1.29 is 10.2 Å². The molecule has 0 bridgehead atoms. The molecule has 2 heterocycles. The summed E-state index contributed by atoms with van der Waals surface area (Å²) in [7, 11) is 1.97. The molecule has 1 aromatic heterocycles. The third-order valence-electron chi connectivity index (χ3n) is 4.86. The quantitative estimate of drug-likeness (QED) is 0.764. The maximum Gasteiger partial charge on any atom is 0.120 e. The molecule has 2 aromatic rings. The van der Waals surface area contributed by atoms with Crippen molar-refractivity contribution in [2.24, 2.45) is 0 Å². The van der Waals surface area contributed by atoms with Crippen molar-refractivity contribution in [2.75, 3.05) is 26.7 Å². The van der Waals surface area contributed by atoms with Crippen LogP contribution < -0.4 is 0 Å². The van der Waals surface area contributed by atoms with E-state index < -0.39 is 5.60 Å². The van der Waals surface area contributed by atoms with Crippen LogP contribution in [0.2, 0.25) is 0 Å². The minimum Gasteiger partial charge on any atom is -0.508 e. The summed E-state index contributed by atoms with van der Waals surface area (Å²) < 4.78 is 0. The van der Waals surface area contributed by atoms with Crippen LogP contribution >= 0.6 is 11.3 Å². The van der Waals surface area contributed by atoms with E-state index in [9.17, 15) is 10.2 Å². The van der Waals surface area contributed by atoms with Crippen molar-refractivity contribution in [3.8, 4) is 18.1 Å². The van der Waals surface area contributed by atoms with E-state index in [2.05, 4.69) is 15.8 Å². The summed E-state index contributed by atoms with van der Waals surface area (Å²) in [6.45, 7) is 3.52. The van der Waals surface area contributed by atoms with Crippen molar-refractivity contribution in [1.29, 1.82) is 0 Å². The molecule has 1 saturated heterocycles. The lowest BCUT2D eigenvalue weighted by atomic mass is 9.88. The highest BCUT2D eigenvalue weighted by atomic mass is 32.1. The van der Waals surface area contributed by atoms with E-state index in [-0.39, 0.29) is 0 Å². The highest BCUT2D eigenvalue weighted by molar-refractivity contribution is 7.09. The van der Waals surface area contributed by atoms with Gasteiger partial charge in [0.25, 0.3) is 0 Å². The summed E-state index contributed by atoms with van der Waals surface area (Å²) in [5, 5.41) is 23.9. The van der Waals surface area contributed by atoms with Gasteiger partial charge in [-0.1, -0.05) is 24.1 Å². The molecule has 1 aliphatic heterocycles. The number of aromatic hydroxyl groups is 1. The van der Waals surface area contributed by atoms with Gasteiger partial charge in [0, 0.05) is 30.6 Å². The maximum absolute atomic E-state index is 11.1. The molecule has 6 heteroatoms. The van der Waals surface area contributed by atoms with Gasteiger partial charge in [-0.05, 0) is 26.0 Å². The summed E-state index contributed by atoms with van der Waals surface area (Å²) >= 11 is 1.57. The van der Waals surface area contributed by atoms with Crippen LogP contribution in [-0.2, 0) is 18.7 Å². The molecule has 1 aliphatic rings. The van der Waals surface area contributed by atoms with Gasteiger partial charge in [-0.25, -0.2) is 4.98 Å². The Labute approximate surface area is 158 Å². The largest absolute Gasteiger partial charge is 0.508 e. The Morgan fingerprint density at radius 2 is 2.08 bits per heavy atom. The molecule has 0 radical (unpaired) electrons. The van der Waals surface area contributed by atoms with Gasteiger partial charge >= 0.3 is 0 Å². The molecule has 26 heavy (non-hydrogen) atoms. The first-order chi connectivity index (χ1) is 12.5. The molecule has 0 unspecified atom stereocenters. The van der Waals surface area contributed by atoms with Gasteiger partial charge in [-0.2, -0.15) is 0 Å². The number of hydrogen-bond donors (Lipinski definition) is 2. The number of likely N-dealkylation sites (tertiary alicyclic amines) is 1. The molecule has 0 amide bonds. The zero-order chi connectivity index (χ0) is 18.6. The zero-order valence-corrected chi connectivity index (χ0v) is 15.9. The van der Waals surface area contributed by atoms with Crippen LogP contribution in [0, 0.1) is 12.3 Å². The molecule has 0 saturated carbocycles. The van der Waals surface area contributed by atoms with E-state index >= 15 is 0 Å². The molecule has 3 rings (SSSR count). The van der Waals surface area contributed by atoms with Gasteiger partial charge < -0.3 is 10.2 Å². The monoisotopic (exact) mass is 371 g/mol. The van der Waals surface area contributed by atoms with E-state index in [1.807, 2.05) is 35.5 Å². The van der Waals surface area contributed by atoms with Gasteiger partial charge in [0.05, 0.1) is 18.8 Å². The maximum atomic E-state index is 11.1. The number of piperidine rings is 1. The SMILES string of the molecule is C#CCN(C)Cc1nc(C2(O)CCN(Cc3ccccc3O)CC2)cs1. The van der Waals surface area contributed by atoms with E-state index in [1.165, 1.54) is 0 Å². The van der Waals surface area contributed by atoms with E-state index in [0.717, 1.165) is 29.4 Å². The van der Waals surface area contributed by atoms with Crippen molar-refractivity contribution in [3.63, 3.8) is 0 Å². The molecule has 0 spiro atoms. The van der Waals surface area contributed by atoms with Crippen molar-refractivity contribution >= 4 is 11.3 Å². The fraction of sp³-hybridized carbons (Fsp3) is 0.450. The second kappa shape index (κ2) is 8.19. The van der Waals surface area contributed by atoms with Crippen molar-refractivity contribution in [3.05, 3.63) is 45.9 Å². The van der Waals surface area contributed by atoms with Gasteiger partial charge in [0.1, 0.15) is 16.4 Å². The second-order valence-electron chi connectivity index (χ2n) is 6.94. The number of aromatic nitrogens is 1. The Balaban J connectivity index is 1.59. The topological polar surface area (TPSA) is 59.8 Å². The van der Waals surface area contributed by atoms with E-state index in [0.29, 0.717) is 38.2 Å². The Kier molecular flexibility index (Phi) is 5.94. The third-order valence-corrected chi connectivity index (χ3v) is 5.70. The standard InChI is InChI=1S/C20H25N3O2S/c1-3-10-22(2)14-19-21-18(15-26-19)20(25)8-11-23(12-9-20)13-16-6-4-5-7-17(16)24/h1,4-7,15,24-25H,8-14H2,2H3. The lowest BCUT2D eigenvalue weighted by Gasteiger charge is -2.37. The Morgan fingerprint density at radius 3 is 2.77 bits per heavy atom. The van der Waals surface area contributed by atoms with Crippen LogP contribution in [0.3, 0.4) is 0 Å². The first-order valence-corrected chi connectivity index (χ1v) is 9.66. The van der Waals surface area contributed by atoms with Crippen LogP contribution in [0.15, 0.2) is 29.6 Å². The lowest BCUT2D eigenvalue weighted by Crippen LogP contribution is -2.42. The van der Waals surface area contributed by atoms with E-state index in [1.54, 1.807) is 17.4 Å². The van der Waals surface area contributed by atoms with Crippen LogP contribution in [0.5, 0.6) is 5.75 Å². The minimum atomic E-state index is -0.866. The summed E-state index contributed by atoms with van der Waals surface area (Å²) in [4.78, 5) is 8.94. The minimum absolute atomic E-state index is 0.327. The number of phenols is 1. The zero-order valence-electron chi connectivity index (χ0n) is 15.1. The first-order valence-electron chi connectivity index (χ1n) is 8.79. The number of thiazole rings is 1. The lowest BCUT2D eigenvalue weighted by molar-refractivity contribution is -0.0308. The average Bonchev–Trinajstić information content (AvgIpc) is 3.08. The van der Waals surface area contributed by atoms with Crippen LogP contribution in [0.4, 0.5) is 0 Å². The van der Waals surface area contributed by atoms with E-state index in [4.69, 9.17) is 6.42 Å². The molecular weight excluding hydrogens is 346 g/mol. The Morgan fingerprint density at radius 1 is 1.35 bits per heavy atom. The highest BCUT2D eigenvalue weighted by Crippen LogP contribution is 2.34. The Bertz CT molecular complexity index is 775. The average molecular weight is 372 g/mol. The summed E-state index contributed by atoms with van der Waals surface area (Å²) in [6.07, 6.45) is 6.62. The molecular formula is C20H25N3O2S. The summed E-state index contributed by atoms with van der Waals surface area (Å²) in [6, 6.07) is 7.41. The fourth-order valence-electron chi connectivity index (χ4n) is 3.26. The normalized spacial score (nSPS) is 17.3. The van der Waals surface area contributed by atoms with Crippen molar-refractivity contribution in [1.82, 2.24) is 14.8 Å². The number of phenolic OH excluding ortho intramolecular Hbond substituents is 1. The van der Waals surface area contributed by atoms with Gasteiger partial charge in [-0.15, -0.1) is 17.8 Å². The van der Waals surface area contributed by atoms with Crippen LogP contribution in [0.1, 0.15) is 29.1 Å². The van der Waals surface area contributed by atoms with Crippen molar-refractivity contribution in [2.45, 2.75) is 31.5 Å². The number of hydrogen-bond acceptors (Lipinski definition) is 6. The molecule has 138 valence electrons. The first kappa shape index (κ1) is 18.9. The Hall–Kier alpha value is -1.91. The van der Waals surface area contributed by atoms with Crippen LogP contribution in [-0.4, -0.2) is 51.7 Å². The summed E-state index contributed by atoms with van der Waals surface area (Å²) in [5.41, 5.74) is 0.827. The second-order valence-corrected chi connectivity index (χ2v) is 7.88. The fourth-order valence-corrected chi connectivity index (χ4v) is 4.23. The smallest absolute Gasteiger partial charge is 0.120 e. The predicted octanol–water partition coefficient (Wildman–Crippen LogP) is 2.40. The molecule has 1 fully saturated rings. The molecule has 2 N–H and O–H groups in total. The summed E-state index contributed by atoms with van der Waals surface area (Å²) in [5.74, 6) is 2.95. The number of para-hydroxylation sites is 1. The van der Waals surface area contributed by atoms with Gasteiger partial charge in [0.15, 0.2) is 0 Å². The predicted molar refractivity (Wildman–Crippen MR) is 104 cm³/mol. The van der Waals surface area contributed by atoms with Gasteiger partial charge in [-0.3, -0.25) is 9.80 Å². The number of terminal acetylenes is 1. The molecule has 5 nitrogen and oxygen atoms in total. The molecule has 0 aliphatic carbocycles. The molecule has 1 aromatic carbocycles. The number of nitrogens with zero attached hydrogens (tertiary/aromatic N) is 3. The third kappa shape index (κ3) is 4.43. The van der Waals surface area contributed by atoms with Crippen LogP contribution in [0.25, 0.3) is 0 Å². The number of aliphatic hydroxyl groups is 1.